The number of benzene rings is 1. The Morgan fingerprint density at radius 1 is 1.19 bits per heavy atom. The van der Waals surface area contributed by atoms with Gasteiger partial charge in [-0.05, 0) is 31.6 Å². The Morgan fingerprint density at radius 3 is 2.42 bits per heavy atom. The van der Waals surface area contributed by atoms with Crippen LogP contribution < -0.4 is 11.1 Å². The Hall–Kier alpha value is -3.74. The average Bonchev–Trinajstić information content (AvgIpc) is 2.77. The lowest BCUT2D eigenvalue weighted by atomic mass is 9.55. The third-order valence-electron chi connectivity index (χ3n) is 7.23. The summed E-state index contributed by atoms with van der Waals surface area (Å²) in [6.45, 7) is 1.63. The first-order valence-corrected chi connectivity index (χ1v) is 11.2. The summed E-state index contributed by atoms with van der Waals surface area (Å²) < 4.78 is 0. The molecule has 1 aromatic carbocycles. The molecule has 0 unspecified atom stereocenters. The van der Waals surface area contributed by atoms with Gasteiger partial charge in [-0.2, -0.15) is 0 Å². The highest BCUT2D eigenvalue weighted by Gasteiger charge is 2.64. The van der Waals surface area contributed by atoms with E-state index in [1.807, 2.05) is 0 Å². The molecule has 1 saturated carbocycles. The molecule has 192 valence electrons. The fourth-order valence-corrected chi connectivity index (χ4v) is 5.58. The normalized spacial score (nSPS) is 29.6. The summed E-state index contributed by atoms with van der Waals surface area (Å²) in [6.07, 6.45) is -2.24. The van der Waals surface area contributed by atoms with Crippen LogP contribution in [0.2, 0.25) is 0 Å². The number of phenolic OH excluding ortho intramolecular Hbond substituents is 1. The van der Waals surface area contributed by atoms with Gasteiger partial charge in [-0.25, -0.2) is 0 Å². The first-order valence-electron chi connectivity index (χ1n) is 11.2. The maximum atomic E-state index is 13.6. The van der Waals surface area contributed by atoms with Crippen molar-refractivity contribution in [2.24, 2.45) is 17.6 Å². The van der Waals surface area contributed by atoms with Gasteiger partial charge in [0.1, 0.15) is 22.8 Å². The van der Waals surface area contributed by atoms with Crippen LogP contribution in [-0.2, 0) is 19.2 Å². The van der Waals surface area contributed by atoms with E-state index in [4.69, 9.17) is 5.73 Å². The molecule has 0 heterocycles. The van der Waals surface area contributed by atoms with Crippen molar-refractivity contribution >= 4 is 34.8 Å². The average molecular weight is 501 g/mol. The van der Waals surface area contributed by atoms with E-state index >= 15 is 0 Å². The van der Waals surface area contributed by atoms with Crippen LogP contribution in [0.1, 0.15) is 30.4 Å². The number of Topliss-reactive ketones (excluding diaryl/α,β-unsaturated/α-hetero) is 2. The van der Waals surface area contributed by atoms with E-state index in [0.29, 0.717) is 5.56 Å². The number of rotatable bonds is 4. The highest BCUT2D eigenvalue weighted by Crippen LogP contribution is 2.56. The van der Waals surface area contributed by atoms with Gasteiger partial charge >= 0.3 is 0 Å². The van der Waals surface area contributed by atoms with Crippen LogP contribution in [0.5, 0.6) is 5.75 Å². The molecule has 1 fully saturated rings. The molecule has 0 radical (unpaired) electrons. The Labute approximate surface area is 205 Å². The van der Waals surface area contributed by atoms with Crippen molar-refractivity contribution in [3.05, 3.63) is 40.2 Å². The molecule has 0 spiro atoms. The zero-order valence-electron chi connectivity index (χ0n) is 19.8. The number of hydrogen-bond acceptors (Lipinski definition) is 10. The van der Waals surface area contributed by atoms with Crippen LogP contribution in [0.25, 0.3) is 5.76 Å². The standard InChI is InChI=1S/C24H27N3O9/c1-8-9-4-5-11(26-13(29)7-27(2)3)19(31)15(9)20(32)17-14(8)18(30)10-6-12(28)16(23(25)35)21(33)24(10,36)22(17)34/h4-5,8,10,14,18,30-33,36H,6-7H2,1-3H3,(H2,25,35)(H,26,29)/t8-,10+,14+,18+,24+/m0/s1. The number of carbonyl (C=O) groups is 4. The van der Waals surface area contributed by atoms with Crippen LogP contribution >= 0.6 is 0 Å². The van der Waals surface area contributed by atoms with Crippen molar-refractivity contribution in [2.45, 2.75) is 31.0 Å². The van der Waals surface area contributed by atoms with E-state index < -0.39 is 87.7 Å². The molecule has 0 aromatic heterocycles. The third-order valence-corrected chi connectivity index (χ3v) is 7.23. The van der Waals surface area contributed by atoms with E-state index in [-0.39, 0.29) is 17.8 Å². The monoisotopic (exact) mass is 501 g/mol. The number of aliphatic hydroxyl groups excluding tert-OH is 3. The summed E-state index contributed by atoms with van der Waals surface area (Å²) in [7, 11) is 3.35. The maximum absolute atomic E-state index is 13.6. The molecule has 2 amide bonds. The third kappa shape index (κ3) is 3.40. The minimum Gasteiger partial charge on any atom is -0.508 e. The lowest BCUT2D eigenvalue weighted by Gasteiger charge is -2.50. The van der Waals surface area contributed by atoms with Crippen LogP contribution in [0.4, 0.5) is 5.69 Å². The number of likely N-dealkylation sites (N-methyl/N-ethyl adjacent to an activating group) is 1. The Bertz CT molecular complexity index is 1280. The first kappa shape index (κ1) is 25.4. The van der Waals surface area contributed by atoms with Gasteiger partial charge in [0, 0.05) is 23.8 Å². The van der Waals surface area contributed by atoms with Crippen LogP contribution in [0.15, 0.2) is 29.0 Å². The molecule has 12 nitrogen and oxygen atoms in total. The molecule has 8 N–H and O–H groups in total. The Kier molecular flexibility index (Phi) is 5.94. The van der Waals surface area contributed by atoms with Gasteiger partial charge in [-0.3, -0.25) is 19.2 Å². The summed E-state index contributed by atoms with van der Waals surface area (Å²) in [6, 6.07) is 2.94. The quantitative estimate of drug-likeness (QED) is 0.207. The molecule has 1 aromatic rings. The molecule has 0 aliphatic heterocycles. The molecular formula is C24H27N3O9. The molecule has 36 heavy (non-hydrogen) atoms. The molecule has 3 aliphatic carbocycles. The predicted octanol–water partition coefficient (Wildman–Crippen LogP) is -0.544. The number of fused-ring (bicyclic) bond motifs is 3. The van der Waals surface area contributed by atoms with E-state index in [2.05, 4.69) is 5.32 Å². The number of amides is 2. The van der Waals surface area contributed by atoms with E-state index in [1.165, 1.54) is 12.1 Å². The highest BCUT2D eigenvalue weighted by atomic mass is 16.4. The van der Waals surface area contributed by atoms with Crippen molar-refractivity contribution in [3.63, 3.8) is 0 Å². The fraction of sp³-hybridized carbons (Fsp3) is 0.417. The number of aromatic hydroxyl groups is 1. The summed E-state index contributed by atoms with van der Waals surface area (Å²) in [4.78, 5) is 51.6. The number of nitrogens with one attached hydrogen (secondary N) is 1. The van der Waals surface area contributed by atoms with Gasteiger partial charge < -0.3 is 41.5 Å². The number of carbonyl (C=O) groups excluding carboxylic acids is 4. The summed E-state index contributed by atoms with van der Waals surface area (Å²) in [5, 5.41) is 57.7. The second kappa shape index (κ2) is 8.43. The number of ketones is 2. The van der Waals surface area contributed by atoms with E-state index in [0.717, 1.165) is 0 Å². The van der Waals surface area contributed by atoms with Gasteiger partial charge in [-0.1, -0.05) is 13.0 Å². The molecular weight excluding hydrogens is 474 g/mol. The number of phenols is 1. The second-order valence-corrected chi connectivity index (χ2v) is 9.70. The molecule has 3 aliphatic rings. The second-order valence-electron chi connectivity index (χ2n) is 9.70. The molecule has 0 saturated heterocycles. The highest BCUT2D eigenvalue weighted by molar-refractivity contribution is 6.23. The zero-order valence-corrected chi connectivity index (χ0v) is 19.8. The van der Waals surface area contributed by atoms with Gasteiger partial charge in [0.05, 0.1) is 23.9 Å². The van der Waals surface area contributed by atoms with Gasteiger partial charge in [-0.15, -0.1) is 0 Å². The molecule has 12 heteroatoms. The summed E-state index contributed by atoms with van der Waals surface area (Å²) in [5.41, 5.74) is 0.941. The maximum Gasteiger partial charge on any atom is 0.255 e. The van der Waals surface area contributed by atoms with Gasteiger partial charge in [0.15, 0.2) is 11.4 Å². The zero-order chi connectivity index (χ0) is 26.9. The van der Waals surface area contributed by atoms with Crippen molar-refractivity contribution < 1.29 is 44.7 Å². The van der Waals surface area contributed by atoms with Crippen LogP contribution in [0.3, 0.4) is 0 Å². The number of aliphatic hydroxyl groups is 4. The van der Waals surface area contributed by atoms with E-state index in [1.54, 1.807) is 25.9 Å². The summed E-state index contributed by atoms with van der Waals surface area (Å²) in [5.74, 6) is -9.89. The van der Waals surface area contributed by atoms with Crippen molar-refractivity contribution in [1.29, 1.82) is 0 Å². The predicted molar refractivity (Wildman–Crippen MR) is 125 cm³/mol. The summed E-state index contributed by atoms with van der Waals surface area (Å²) >= 11 is 0. The number of nitrogens with two attached hydrogens (primary N) is 1. The van der Waals surface area contributed by atoms with Crippen molar-refractivity contribution in [2.75, 3.05) is 26.0 Å². The van der Waals surface area contributed by atoms with E-state index in [9.17, 15) is 44.7 Å². The van der Waals surface area contributed by atoms with Crippen molar-refractivity contribution in [1.82, 2.24) is 4.90 Å². The number of anilines is 1. The topological polar surface area (TPSA) is 211 Å². The van der Waals surface area contributed by atoms with Gasteiger partial charge in [0.2, 0.25) is 11.7 Å². The molecule has 0 bridgehead atoms. The van der Waals surface area contributed by atoms with Crippen LogP contribution in [0, 0.1) is 11.8 Å². The lowest BCUT2D eigenvalue weighted by Crippen LogP contribution is -2.63. The Morgan fingerprint density at radius 2 is 1.83 bits per heavy atom. The SMILES string of the molecule is C[C@H]1c2ccc(NC(=O)CN(C)C)c(O)c2C(O)=C2C(=O)[C@]3(O)C(O)=C(C(N)=O)C(=O)C[C@@H]3[C@@H](O)[C@@H]21. The number of hydrogen-bond donors (Lipinski definition) is 7. The van der Waals surface area contributed by atoms with Crippen molar-refractivity contribution in [3.8, 4) is 5.75 Å². The molecule has 5 atom stereocenters. The van der Waals surface area contributed by atoms with Gasteiger partial charge in [0.25, 0.3) is 5.91 Å². The minimum atomic E-state index is -2.90. The van der Waals surface area contributed by atoms with Crippen LogP contribution in [-0.4, -0.2) is 86.2 Å². The smallest absolute Gasteiger partial charge is 0.255 e. The number of primary amides is 1. The number of nitrogens with zero attached hydrogens (tertiary/aromatic N) is 1. The lowest BCUT2D eigenvalue weighted by molar-refractivity contribution is -0.160. The first-order chi connectivity index (χ1) is 16.7. The molecule has 4 rings (SSSR count). The fourth-order valence-electron chi connectivity index (χ4n) is 5.58. The minimum absolute atomic E-state index is 0.00764. The largest absolute Gasteiger partial charge is 0.508 e. The Balaban J connectivity index is 1.90.